The number of nitrogens with zero attached hydrogens (tertiary/aromatic N) is 2. The summed E-state index contributed by atoms with van der Waals surface area (Å²) in [6.07, 6.45) is -1.20. The van der Waals surface area contributed by atoms with Crippen molar-refractivity contribution >= 4 is 17.4 Å². The maximum atomic E-state index is 14.1. The second-order valence-electron chi connectivity index (χ2n) is 7.10. The van der Waals surface area contributed by atoms with E-state index >= 15 is 0 Å². The van der Waals surface area contributed by atoms with Gasteiger partial charge in [0.1, 0.15) is 5.82 Å². The summed E-state index contributed by atoms with van der Waals surface area (Å²) in [7, 11) is 0. The SMILES string of the molecule is O=C(Nc1cc(F)cc(-c2cccnc2)c1)N1CCc2cc(CO)c(C(F)(F)F)cc21. The standard InChI is InChI=1S/C22H17F4N3O2/c23-17-7-15(14-2-1-4-27-11-14)8-18(9-17)28-21(31)29-5-3-13-6-16(12-30)19(10-20(13)29)22(24,25)26/h1-2,4,6-11,30H,3,5,12H2,(H,28,31). The number of anilines is 2. The van der Waals surface area contributed by atoms with Gasteiger partial charge in [0.05, 0.1) is 12.2 Å². The maximum absolute atomic E-state index is 14.1. The fourth-order valence-electron chi connectivity index (χ4n) is 3.65. The Bertz CT molecular complexity index is 1130. The number of urea groups is 1. The molecular weight excluding hydrogens is 414 g/mol. The number of amides is 2. The number of rotatable bonds is 3. The van der Waals surface area contributed by atoms with Crippen LogP contribution in [0.15, 0.2) is 54.9 Å². The number of benzene rings is 2. The molecule has 0 bridgehead atoms. The fraction of sp³-hybridized carbons (Fsp3) is 0.182. The monoisotopic (exact) mass is 431 g/mol. The topological polar surface area (TPSA) is 65.5 Å². The fourth-order valence-corrected chi connectivity index (χ4v) is 3.65. The van der Waals surface area contributed by atoms with Crippen LogP contribution in [0, 0.1) is 5.82 Å². The van der Waals surface area contributed by atoms with Crippen LogP contribution in [-0.4, -0.2) is 22.7 Å². The minimum atomic E-state index is -4.67. The summed E-state index contributed by atoms with van der Waals surface area (Å²) in [6.45, 7) is -0.590. The van der Waals surface area contributed by atoms with E-state index in [0.717, 1.165) is 12.1 Å². The van der Waals surface area contributed by atoms with Gasteiger partial charge in [-0.2, -0.15) is 13.2 Å². The summed E-state index contributed by atoms with van der Waals surface area (Å²) in [4.78, 5) is 18.0. The number of alkyl halides is 3. The summed E-state index contributed by atoms with van der Waals surface area (Å²) in [5.41, 5.74) is 0.735. The lowest BCUT2D eigenvalue weighted by Crippen LogP contribution is -2.33. The van der Waals surface area contributed by atoms with Crippen molar-refractivity contribution in [2.45, 2.75) is 19.2 Å². The van der Waals surface area contributed by atoms with E-state index in [9.17, 15) is 27.5 Å². The molecule has 31 heavy (non-hydrogen) atoms. The number of carbonyl (C=O) groups excluding carboxylic acids is 1. The Morgan fingerprint density at radius 1 is 1.16 bits per heavy atom. The van der Waals surface area contributed by atoms with Crippen LogP contribution in [0.3, 0.4) is 0 Å². The molecule has 0 saturated carbocycles. The first kappa shape index (κ1) is 20.8. The molecule has 2 amide bonds. The highest BCUT2D eigenvalue weighted by Crippen LogP contribution is 2.39. The summed E-state index contributed by atoms with van der Waals surface area (Å²) in [5, 5.41) is 11.9. The average molecular weight is 431 g/mol. The van der Waals surface area contributed by atoms with Crippen LogP contribution in [-0.2, 0) is 19.2 Å². The Balaban J connectivity index is 1.63. The number of aliphatic hydroxyl groups is 1. The van der Waals surface area contributed by atoms with Crippen molar-refractivity contribution < 1.29 is 27.5 Å². The molecule has 160 valence electrons. The van der Waals surface area contributed by atoms with Gasteiger partial charge >= 0.3 is 12.2 Å². The molecule has 4 rings (SSSR count). The van der Waals surface area contributed by atoms with Gasteiger partial charge < -0.3 is 10.4 Å². The molecule has 0 fully saturated rings. The van der Waals surface area contributed by atoms with Gasteiger partial charge in [-0.15, -0.1) is 0 Å². The molecule has 0 unspecified atom stereocenters. The molecule has 2 heterocycles. The van der Waals surface area contributed by atoms with E-state index in [-0.39, 0.29) is 23.5 Å². The Morgan fingerprint density at radius 3 is 2.65 bits per heavy atom. The van der Waals surface area contributed by atoms with Gasteiger partial charge in [0.15, 0.2) is 0 Å². The van der Waals surface area contributed by atoms with Crippen molar-refractivity contribution in [3.05, 3.63) is 77.4 Å². The first-order chi connectivity index (χ1) is 14.8. The highest BCUT2D eigenvalue weighted by atomic mass is 19.4. The molecule has 0 aliphatic carbocycles. The predicted octanol–water partition coefficient (Wildman–Crippen LogP) is 4.99. The second-order valence-corrected chi connectivity index (χ2v) is 7.10. The minimum Gasteiger partial charge on any atom is -0.392 e. The molecule has 0 radical (unpaired) electrons. The summed E-state index contributed by atoms with van der Waals surface area (Å²) < 4.78 is 54.2. The van der Waals surface area contributed by atoms with Gasteiger partial charge in [-0.25, -0.2) is 9.18 Å². The number of halogens is 4. The van der Waals surface area contributed by atoms with Crippen molar-refractivity contribution in [2.75, 3.05) is 16.8 Å². The van der Waals surface area contributed by atoms with Crippen LogP contribution in [0.5, 0.6) is 0 Å². The molecular formula is C22H17F4N3O2. The normalized spacial score (nSPS) is 13.3. The molecule has 3 aromatic rings. The van der Waals surface area contributed by atoms with Crippen molar-refractivity contribution in [3.8, 4) is 11.1 Å². The second kappa shape index (κ2) is 7.99. The number of hydrogen-bond acceptors (Lipinski definition) is 3. The van der Waals surface area contributed by atoms with E-state index in [2.05, 4.69) is 10.3 Å². The van der Waals surface area contributed by atoms with Crippen molar-refractivity contribution in [1.82, 2.24) is 4.98 Å². The van der Waals surface area contributed by atoms with E-state index < -0.39 is 30.2 Å². The van der Waals surface area contributed by atoms with Crippen LogP contribution in [0.1, 0.15) is 16.7 Å². The van der Waals surface area contributed by atoms with Crippen LogP contribution >= 0.6 is 0 Å². The number of hydrogen-bond donors (Lipinski definition) is 2. The number of aliphatic hydroxyl groups excluding tert-OH is 1. The lowest BCUT2D eigenvalue weighted by Gasteiger charge is -2.21. The van der Waals surface area contributed by atoms with Crippen LogP contribution < -0.4 is 10.2 Å². The molecule has 5 nitrogen and oxygen atoms in total. The Kier molecular flexibility index (Phi) is 5.36. The molecule has 1 aliphatic rings. The van der Waals surface area contributed by atoms with Crippen molar-refractivity contribution in [3.63, 3.8) is 0 Å². The smallest absolute Gasteiger partial charge is 0.392 e. The Hall–Kier alpha value is -3.46. The Labute approximate surface area is 175 Å². The number of nitrogens with one attached hydrogen (secondary N) is 1. The largest absolute Gasteiger partial charge is 0.416 e. The van der Waals surface area contributed by atoms with E-state index in [1.54, 1.807) is 30.6 Å². The average Bonchev–Trinajstić information content (AvgIpc) is 3.15. The number of pyridine rings is 1. The third-order valence-corrected chi connectivity index (χ3v) is 5.06. The third-order valence-electron chi connectivity index (χ3n) is 5.06. The molecule has 1 aromatic heterocycles. The molecule has 0 saturated heterocycles. The number of fused-ring (bicyclic) bond motifs is 1. The molecule has 0 spiro atoms. The van der Waals surface area contributed by atoms with E-state index in [4.69, 9.17) is 0 Å². The molecule has 0 atom stereocenters. The molecule has 1 aliphatic heterocycles. The van der Waals surface area contributed by atoms with E-state index in [1.807, 2.05) is 0 Å². The van der Waals surface area contributed by atoms with Crippen LogP contribution in [0.4, 0.5) is 33.7 Å². The van der Waals surface area contributed by atoms with Gasteiger partial charge in [0.2, 0.25) is 0 Å². The molecule has 9 heteroatoms. The molecule has 2 aromatic carbocycles. The zero-order valence-corrected chi connectivity index (χ0v) is 16.1. The highest BCUT2D eigenvalue weighted by Gasteiger charge is 2.36. The Morgan fingerprint density at radius 2 is 1.97 bits per heavy atom. The molecule has 2 N–H and O–H groups in total. The number of aromatic nitrogens is 1. The maximum Gasteiger partial charge on any atom is 0.416 e. The highest BCUT2D eigenvalue weighted by molar-refractivity contribution is 6.03. The van der Waals surface area contributed by atoms with Gasteiger partial charge in [-0.3, -0.25) is 9.88 Å². The van der Waals surface area contributed by atoms with Crippen molar-refractivity contribution in [2.24, 2.45) is 0 Å². The van der Waals surface area contributed by atoms with Crippen LogP contribution in [0.2, 0.25) is 0 Å². The summed E-state index contributed by atoms with van der Waals surface area (Å²) >= 11 is 0. The lowest BCUT2D eigenvalue weighted by atomic mass is 10.0. The number of carbonyl (C=O) groups is 1. The van der Waals surface area contributed by atoms with Gasteiger partial charge in [-0.05, 0) is 53.4 Å². The van der Waals surface area contributed by atoms with Crippen LogP contribution in [0.25, 0.3) is 11.1 Å². The van der Waals surface area contributed by atoms with E-state index in [1.165, 1.54) is 17.0 Å². The minimum absolute atomic E-state index is 0.117. The first-order valence-corrected chi connectivity index (χ1v) is 9.39. The lowest BCUT2D eigenvalue weighted by molar-refractivity contribution is -0.138. The zero-order chi connectivity index (χ0) is 22.2. The predicted molar refractivity (Wildman–Crippen MR) is 107 cm³/mol. The summed E-state index contributed by atoms with van der Waals surface area (Å²) in [6, 6.07) is 8.89. The van der Waals surface area contributed by atoms with Crippen molar-refractivity contribution in [1.29, 1.82) is 0 Å². The third kappa shape index (κ3) is 4.22. The van der Waals surface area contributed by atoms with Gasteiger partial charge in [0, 0.05) is 35.9 Å². The quantitative estimate of drug-likeness (QED) is 0.574. The van der Waals surface area contributed by atoms with E-state index in [0.29, 0.717) is 23.1 Å². The zero-order valence-electron chi connectivity index (χ0n) is 16.1. The van der Waals surface area contributed by atoms with Gasteiger partial charge in [0.25, 0.3) is 0 Å². The summed E-state index contributed by atoms with van der Waals surface area (Å²) in [5.74, 6) is -0.578. The first-order valence-electron chi connectivity index (χ1n) is 9.39. The van der Waals surface area contributed by atoms with Gasteiger partial charge in [-0.1, -0.05) is 12.1 Å².